The number of anilines is 1. The molecule has 3 rings (SSSR count). The molecule has 0 bridgehead atoms. The maximum atomic E-state index is 11.3. The number of amides is 1. The second-order valence-corrected chi connectivity index (χ2v) is 5.70. The average Bonchev–Trinajstić information content (AvgIpc) is 2.93. The highest BCUT2D eigenvalue weighted by molar-refractivity contribution is 5.93. The predicted octanol–water partition coefficient (Wildman–Crippen LogP) is 2.09. The molecule has 0 saturated carbocycles. The zero-order valence-electron chi connectivity index (χ0n) is 13.4. The lowest BCUT2D eigenvalue weighted by Gasteiger charge is -2.07. The average molecular weight is 319 g/mol. The third-order valence-electron chi connectivity index (χ3n) is 3.68. The topological polar surface area (TPSA) is 99.8 Å². The molecule has 0 unspecified atom stereocenters. The highest BCUT2D eigenvalue weighted by Crippen LogP contribution is 2.25. The van der Waals surface area contributed by atoms with Crippen molar-refractivity contribution in [2.45, 2.75) is 19.9 Å². The smallest absolute Gasteiger partial charge is 0.248 e. The van der Waals surface area contributed by atoms with E-state index in [0.717, 1.165) is 16.6 Å². The summed E-state index contributed by atoms with van der Waals surface area (Å²) in [4.78, 5) is 19.6. The molecule has 3 aromatic rings. The van der Waals surface area contributed by atoms with Gasteiger partial charge in [0, 0.05) is 23.4 Å². The first-order chi connectivity index (χ1) is 11.5. The first-order valence-electron chi connectivity index (χ1n) is 7.50. The third-order valence-corrected chi connectivity index (χ3v) is 3.68. The summed E-state index contributed by atoms with van der Waals surface area (Å²) in [6, 6.07) is 7.11. The van der Waals surface area contributed by atoms with E-state index < -0.39 is 5.91 Å². The number of hydrogen-bond acceptors (Lipinski definition) is 4. The Kier molecular flexibility index (Phi) is 3.92. The molecular formula is C18H17N5O. The number of aromatic nitrogens is 3. The van der Waals surface area contributed by atoms with Crippen molar-refractivity contribution in [3.05, 3.63) is 53.5 Å². The fourth-order valence-corrected chi connectivity index (χ4v) is 2.49. The van der Waals surface area contributed by atoms with E-state index in [9.17, 15) is 4.79 Å². The van der Waals surface area contributed by atoms with Gasteiger partial charge in [-0.1, -0.05) is 17.9 Å². The van der Waals surface area contributed by atoms with Crippen molar-refractivity contribution in [1.29, 1.82) is 0 Å². The van der Waals surface area contributed by atoms with Gasteiger partial charge >= 0.3 is 0 Å². The van der Waals surface area contributed by atoms with Gasteiger partial charge in [0.15, 0.2) is 0 Å². The number of primary amides is 1. The minimum atomic E-state index is -0.479. The van der Waals surface area contributed by atoms with Crippen molar-refractivity contribution in [3.8, 4) is 11.8 Å². The lowest BCUT2D eigenvalue weighted by molar-refractivity contribution is 0.100. The van der Waals surface area contributed by atoms with Gasteiger partial charge in [0.2, 0.25) is 5.91 Å². The van der Waals surface area contributed by atoms with Crippen LogP contribution in [0.4, 0.5) is 5.82 Å². The fraction of sp³-hybridized carbons (Fsp3) is 0.167. The van der Waals surface area contributed by atoms with Gasteiger partial charge in [-0.05, 0) is 32.0 Å². The molecule has 4 N–H and O–H groups in total. The van der Waals surface area contributed by atoms with Crippen LogP contribution in [0.3, 0.4) is 0 Å². The maximum absolute atomic E-state index is 11.3. The van der Waals surface area contributed by atoms with E-state index in [2.05, 4.69) is 35.7 Å². The number of carbonyl (C=O) groups is 1. The molecule has 0 aliphatic rings. The predicted molar refractivity (Wildman–Crippen MR) is 93.3 cm³/mol. The van der Waals surface area contributed by atoms with E-state index in [4.69, 9.17) is 11.5 Å². The van der Waals surface area contributed by atoms with Crippen LogP contribution in [-0.2, 0) is 0 Å². The van der Waals surface area contributed by atoms with Crippen LogP contribution in [0.5, 0.6) is 0 Å². The molecule has 2 heterocycles. The molecule has 0 radical (unpaired) electrons. The lowest BCUT2D eigenvalue weighted by Crippen LogP contribution is -2.10. The standard InChI is InChI=1S/C18H17N5O/c1-11(2)23-9-14(15-16(19)21-10-22-18(15)23)7-6-12-4-3-5-13(8-12)17(20)24/h3-5,8-11H,1-2H3,(H2,20,24)(H2,19,21,22). The molecule has 120 valence electrons. The van der Waals surface area contributed by atoms with Gasteiger partial charge in [0.1, 0.15) is 17.8 Å². The first kappa shape index (κ1) is 15.6. The molecule has 1 aromatic carbocycles. The van der Waals surface area contributed by atoms with Crippen LogP contribution in [0.1, 0.15) is 41.4 Å². The molecule has 0 atom stereocenters. The highest BCUT2D eigenvalue weighted by Gasteiger charge is 2.13. The summed E-state index contributed by atoms with van der Waals surface area (Å²) < 4.78 is 2.01. The monoisotopic (exact) mass is 319 g/mol. The minimum absolute atomic E-state index is 0.218. The summed E-state index contributed by atoms with van der Waals surface area (Å²) >= 11 is 0. The Morgan fingerprint density at radius 2 is 2.04 bits per heavy atom. The van der Waals surface area contributed by atoms with Crippen molar-refractivity contribution in [1.82, 2.24) is 14.5 Å². The van der Waals surface area contributed by atoms with E-state index >= 15 is 0 Å². The number of fused-ring (bicyclic) bond motifs is 1. The Hall–Kier alpha value is -3.33. The SMILES string of the molecule is CC(C)n1cc(C#Cc2cccc(C(N)=O)c2)c2c(N)ncnc21. The Morgan fingerprint density at radius 1 is 1.25 bits per heavy atom. The third kappa shape index (κ3) is 2.79. The van der Waals surface area contributed by atoms with Crippen molar-refractivity contribution < 1.29 is 4.79 Å². The van der Waals surface area contributed by atoms with Gasteiger partial charge in [-0.2, -0.15) is 0 Å². The van der Waals surface area contributed by atoms with Crippen molar-refractivity contribution in [3.63, 3.8) is 0 Å². The summed E-state index contributed by atoms with van der Waals surface area (Å²) in [5, 5.41) is 0.741. The number of carbonyl (C=O) groups excluding carboxylic acids is 1. The number of nitrogen functional groups attached to an aromatic ring is 1. The van der Waals surface area contributed by atoms with Crippen LogP contribution in [0.2, 0.25) is 0 Å². The Balaban J connectivity index is 2.12. The van der Waals surface area contributed by atoms with E-state index in [-0.39, 0.29) is 6.04 Å². The van der Waals surface area contributed by atoms with Crippen molar-refractivity contribution in [2.24, 2.45) is 5.73 Å². The summed E-state index contributed by atoms with van der Waals surface area (Å²) in [6.07, 6.45) is 3.37. The second kappa shape index (κ2) is 6.05. The molecule has 1 amide bonds. The fourth-order valence-electron chi connectivity index (χ4n) is 2.49. The van der Waals surface area contributed by atoms with Gasteiger partial charge in [0.25, 0.3) is 0 Å². The van der Waals surface area contributed by atoms with Crippen LogP contribution in [-0.4, -0.2) is 20.4 Å². The molecule has 6 nitrogen and oxygen atoms in total. The van der Waals surface area contributed by atoms with Crippen molar-refractivity contribution in [2.75, 3.05) is 5.73 Å². The Morgan fingerprint density at radius 3 is 2.75 bits per heavy atom. The molecule has 0 fully saturated rings. The highest BCUT2D eigenvalue weighted by atomic mass is 16.1. The number of benzene rings is 1. The first-order valence-corrected chi connectivity index (χ1v) is 7.50. The van der Waals surface area contributed by atoms with E-state index in [1.54, 1.807) is 18.2 Å². The molecule has 0 spiro atoms. The van der Waals surface area contributed by atoms with E-state index in [0.29, 0.717) is 16.9 Å². The molecule has 0 aliphatic carbocycles. The number of rotatable bonds is 2. The van der Waals surface area contributed by atoms with Gasteiger partial charge in [-0.3, -0.25) is 4.79 Å². The zero-order valence-corrected chi connectivity index (χ0v) is 13.4. The van der Waals surface area contributed by atoms with Gasteiger partial charge < -0.3 is 16.0 Å². The largest absolute Gasteiger partial charge is 0.383 e. The van der Waals surface area contributed by atoms with Crippen LogP contribution in [0.25, 0.3) is 11.0 Å². The molecule has 2 aromatic heterocycles. The number of nitrogens with two attached hydrogens (primary N) is 2. The molecule has 24 heavy (non-hydrogen) atoms. The normalized spacial score (nSPS) is 10.6. The van der Waals surface area contributed by atoms with Crippen LogP contribution in [0.15, 0.2) is 36.8 Å². The quantitative estimate of drug-likeness (QED) is 0.706. The summed E-state index contributed by atoms with van der Waals surface area (Å²) in [5.41, 5.74) is 13.9. The van der Waals surface area contributed by atoms with E-state index in [1.165, 1.54) is 6.33 Å². The van der Waals surface area contributed by atoms with Crippen LogP contribution >= 0.6 is 0 Å². The number of nitrogens with zero attached hydrogens (tertiary/aromatic N) is 3. The maximum Gasteiger partial charge on any atom is 0.248 e. The number of hydrogen-bond donors (Lipinski definition) is 2. The van der Waals surface area contributed by atoms with E-state index in [1.807, 2.05) is 16.8 Å². The lowest BCUT2D eigenvalue weighted by atomic mass is 10.1. The van der Waals surface area contributed by atoms with Crippen LogP contribution in [0, 0.1) is 11.8 Å². The second-order valence-electron chi connectivity index (χ2n) is 5.70. The Bertz CT molecular complexity index is 992. The van der Waals surface area contributed by atoms with Crippen molar-refractivity contribution >= 4 is 22.8 Å². The van der Waals surface area contributed by atoms with Gasteiger partial charge in [-0.25, -0.2) is 9.97 Å². The molecular weight excluding hydrogens is 302 g/mol. The summed E-state index contributed by atoms with van der Waals surface area (Å²) in [5.74, 6) is 6.07. The summed E-state index contributed by atoms with van der Waals surface area (Å²) in [7, 11) is 0. The van der Waals surface area contributed by atoms with Crippen LogP contribution < -0.4 is 11.5 Å². The molecule has 6 heteroatoms. The molecule has 0 aliphatic heterocycles. The molecule has 0 saturated heterocycles. The Labute approximate surface area is 139 Å². The minimum Gasteiger partial charge on any atom is -0.383 e. The summed E-state index contributed by atoms with van der Waals surface area (Å²) in [6.45, 7) is 4.12. The van der Waals surface area contributed by atoms with Gasteiger partial charge in [0.05, 0.1) is 10.9 Å². The van der Waals surface area contributed by atoms with Gasteiger partial charge in [-0.15, -0.1) is 0 Å². The zero-order chi connectivity index (χ0) is 17.3.